The van der Waals surface area contributed by atoms with E-state index < -0.39 is 6.10 Å². The van der Waals surface area contributed by atoms with Gasteiger partial charge in [-0.05, 0) is 24.6 Å². The molecule has 2 rings (SSSR count). The number of rotatable bonds is 2. The number of benzene rings is 1. The summed E-state index contributed by atoms with van der Waals surface area (Å²) >= 11 is 0. The summed E-state index contributed by atoms with van der Waals surface area (Å²) in [6.45, 7) is 1.70. The highest BCUT2D eigenvalue weighted by Crippen LogP contribution is 2.23. The van der Waals surface area contributed by atoms with E-state index >= 15 is 0 Å². The van der Waals surface area contributed by atoms with E-state index in [9.17, 15) is 5.11 Å². The van der Waals surface area contributed by atoms with Gasteiger partial charge in [0.15, 0.2) is 0 Å². The Hall–Kier alpha value is -1.32. The molecule has 0 amide bonds. The van der Waals surface area contributed by atoms with Gasteiger partial charge in [0.1, 0.15) is 0 Å². The first-order valence-electron chi connectivity index (χ1n) is 4.70. The second kappa shape index (κ2) is 3.44. The molecule has 0 saturated heterocycles. The van der Waals surface area contributed by atoms with Gasteiger partial charge in [0.25, 0.3) is 0 Å². The highest BCUT2D eigenvalue weighted by molar-refractivity contribution is 5.83. The molecule has 74 valence electrons. The third-order valence-corrected chi connectivity index (χ3v) is 2.51. The van der Waals surface area contributed by atoms with E-state index in [0.29, 0.717) is 0 Å². The Bertz CT molecular complexity index is 434. The molecule has 14 heavy (non-hydrogen) atoms. The molecule has 3 nitrogen and oxygen atoms in total. The summed E-state index contributed by atoms with van der Waals surface area (Å²) in [5.74, 6) is 0. The molecule has 0 unspecified atom stereocenters. The number of hydrogen-bond acceptors (Lipinski definition) is 2. The first-order chi connectivity index (χ1) is 6.70. The van der Waals surface area contributed by atoms with Crippen molar-refractivity contribution in [2.24, 2.45) is 5.73 Å². The standard InChI is InChI=1S/C11H14N2O/c1-7(14)11(12)9-3-2-4-10-8(9)5-6-13-10/h2-7,11,13-14H,12H2,1H3/t7-,11+/m0/s1. The molecule has 0 fully saturated rings. The summed E-state index contributed by atoms with van der Waals surface area (Å²) in [4.78, 5) is 3.12. The van der Waals surface area contributed by atoms with Crippen LogP contribution in [0.2, 0.25) is 0 Å². The summed E-state index contributed by atoms with van der Waals surface area (Å²) in [6, 6.07) is 7.54. The van der Waals surface area contributed by atoms with Gasteiger partial charge in [0.2, 0.25) is 0 Å². The van der Waals surface area contributed by atoms with Crippen LogP contribution in [0.5, 0.6) is 0 Å². The molecular formula is C11H14N2O. The first-order valence-corrected chi connectivity index (χ1v) is 4.70. The number of aliphatic hydroxyl groups excluding tert-OH is 1. The lowest BCUT2D eigenvalue weighted by Gasteiger charge is -2.15. The number of aromatic nitrogens is 1. The fourth-order valence-corrected chi connectivity index (χ4v) is 1.66. The number of aliphatic hydroxyl groups is 1. The lowest BCUT2D eigenvalue weighted by Crippen LogP contribution is -2.23. The van der Waals surface area contributed by atoms with E-state index in [2.05, 4.69) is 4.98 Å². The van der Waals surface area contributed by atoms with Crippen LogP contribution < -0.4 is 5.73 Å². The number of H-pyrrole nitrogens is 1. The third kappa shape index (κ3) is 1.41. The van der Waals surface area contributed by atoms with Gasteiger partial charge in [-0.2, -0.15) is 0 Å². The van der Waals surface area contributed by atoms with Crippen LogP contribution in [-0.2, 0) is 0 Å². The Morgan fingerprint density at radius 1 is 1.36 bits per heavy atom. The Morgan fingerprint density at radius 3 is 2.86 bits per heavy atom. The van der Waals surface area contributed by atoms with E-state index in [-0.39, 0.29) is 6.04 Å². The highest BCUT2D eigenvalue weighted by atomic mass is 16.3. The smallest absolute Gasteiger partial charge is 0.0704 e. The molecule has 0 aliphatic rings. The van der Waals surface area contributed by atoms with E-state index in [1.807, 2.05) is 30.5 Å². The van der Waals surface area contributed by atoms with Crippen molar-refractivity contribution in [3.8, 4) is 0 Å². The molecule has 2 atom stereocenters. The van der Waals surface area contributed by atoms with Crippen LogP contribution in [0.25, 0.3) is 10.9 Å². The SMILES string of the molecule is C[C@H](O)[C@@H](N)c1cccc2[nH]ccc12. The van der Waals surface area contributed by atoms with Gasteiger partial charge in [-0.25, -0.2) is 0 Å². The molecule has 1 aromatic carbocycles. The minimum atomic E-state index is -0.532. The summed E-state index contributed by atoms with van der Waals surface area (Å²) in [5.41, 5.74) is 7.94. The summed E-state index contributed by atoms with van der Waals surface area (Å²) in [6.07, 6.45) is 1.35. The quantitative estimate of drug-likeness (QED) is 0.672. The molecule has 4 N–H and O–H groups in total. The van der Waals surface area contributed by atoms with Crippen LogP contribution in [-0.4, -0.2) is 16.2 Å². The monoisotopic (exact) mass is 190 g/mol. The molecule has 0 radical (unpaired) electrons. The van der Waals surface area contributed by atoms with Crippen molar-refractivity contribution in [2.75, 3.05) is 0 Å². The predicted octanol–water partition coefficient (Wildman–Crippen LogP) is 1.55. The molecule has 1 aromatic heterocycles. The van der Waals surface area contributed by atoms with E-state index in [1.165, 1.54) is 0 Å². The number of aromatic amines is 1. The number of hydrogen-bond donors (Lipinski definition) is 3. The topological polar surface area (TPSA) is 62.0 Å². The van der Waals surface area contributed by atoms with Gasteiger partial charge in [0, 0.05) is 17.1 Å². The maximum absolute atomic E-state index is 9.44. The van der Waals surface area contributed by atoms with Crippen molar-refractivity contribution >= 4 is 10.9 Å². The Kier molecular flexibility index (Phi) is 2.27. The second-order valence-corrected chi connectivity index (χ2v) is 3.55. The van der Waals surface area contributed by atoms with E-state index in [4.69, 9.17) is 5.73 Å². The molecule has 0 bridgehead atoms. The Morgan fingerprint density at radius 2 is 2.14 bits per heavy atom. The predicted molar refractivity (Wildman–Crippen MR) is 56.9 cm³/mol. The van der Waals surface area contributed by atoms with Crippen LogP contribution in [0.1, 0.15) is 18.5 Å². The third-order valence-electron chi connectivity index (χ3n) is 2.51. The first kappa shape index (κ1) is 9.24. The van der Waals surface area contributed by atoms with Gasteiger partial charge in [-0.3, -0.25) is 0 Å². The van der Waals surface area contributed by atoms with E-state index in [0.717, 1.165) is 16.5 Å². The zero-order chi connectivity index (χ0) is 10.1. The highest BCUT2D eigenvalue weighted by Gasteiger charge is 2.14. The average Bonchev–Trinajstić information content (AvgIpc) is 2.63. The summed E-state index contributed by atoms with van der Waals surface area (Å²) in [5, 5.41) is 10.5. The van der Waals surface area contributed by atoms with Gasteiger partial charge in [-0.1, -0.05) is 12.1 Å². The normalized spacial score (nSPS) is 15.6. The minimum absolute atomic E-state index is 0.325. The van der Waals surface area contributed by atoms with Gasteiger partial charge < -0.3 is 15.8 Å². The maximum atomic E-state index is 9.44. The molecule has 0 aliphatic heterocycles. The number of nitrogens with one attached hydrogen (secondary N) is 1. The fraction of sp³-hybridized carbons (Fsp3) is 0.273. The Balaban J connectivity index is 2.56. The van der Waals surface area contributed by atoms with Gasteiger partial charge in [0.05, 0.1) is 12.1 Å². The number of fused-ring (bicyclic) bond motifs is 1. The van der Waals surface area contributed by atoms with Crippen molar-refractivity contribution in [3.63, 3.8) is 0 Å². The molecule has 3 heteroatoms. The summed E-state index contributed by atoms with van der Waals surface area (Å²) in [7, 11) is 0. The van der Waals surface area contributed by atoms with Crippen LogP contribution in [0.4, 0.5) is 0 Å². The van der Waals surface area contributed by atoms with Gasteiger partial charge in [-0.15, -0.1) is 0 Å². The lowest BCUT2D eigenvalue weighted by atomic mass is 10.00. The minimum Gasteiger partial charge on any atom is -0.391 e. The molecular weight excluding hydrogens is 176 g/mol. The average molecular weight is 190 g/mol. The van der Waals surface area contributed by atoms with Crippen LogP contribution >= 0.6 is 0 Å². The van der Waals surface area contributed by atoms with Gasteiger partial charge >= 0.3 is 0 Å². The van der Waals surface area contributed by atoms with E-state index in [1.54, 1.807) is 6.92 Å². The lowest BCUT2D eigenvalue weighted by molar-refractivity contribution is 0.165. The molecule has 0 saturated carbocycles. The van der Waals surface area contributed by atoms with Crippen molar-refractivity contribution < 1.29 is 5.11 Å². The molecule has 2 aromatic rings. The van der Waals surface area contributed by atoms with Crippen LogP contribution in [0.15, 0.2) is 30.5 Å². The molecule has 1 heterocycles. The van der Waals surface area contributed by atoms with Crippen LogP contribution in [0, 0.1) is 0 Å². The summed E-state index contributed by atoms with van der Waals surface area (Å²) < 4.78 is 0. The van der Waals surface area contributed by atoms with Crippen LogP contribution in [0.3, 0.4) is 0 Å². The molecule has 0 spiro atoms. The maximum Gasteiger partial charge on any atom is 0.0704 e. The zero-order valence-corrected chi connectivity index (χ0v) is 8.07. The van der Waals surface area contributed by atoms with Crippen molar-refractivity contribution in [1.82, 2.24) is 4.98 Å². The Labute approximate surface area is 82.6 Å². The zero-order valence-electron chi connectivity index (χ0n) is 8.07. The fourth-order valence-electron chi connectivity index (χ4n) is 1.66. The second-order valence-electron chi connectivity index (χ2n) is 3.55. The van der Waals surface area contributed by atoms with Crippen molar-refractivity contribution in [3.05, 3.63) is 36.0 Å². The largest absolute Gasteiger partial charge is 0.391 e. The van der Waals surface area contributed by atoms with Crippen molar-refractivity contribution in [2.45, 2.75) is 19.1 Å². The molecule has 0 aliphatic carbocycles. The van der Waals surface area contributed by atoms with Crippen molar-refractivity contribution in [1.29, 1.82) is 0 Å². The number of nitrogens with two attached hydrogens (primary N) is 1.